The van der Waals surface area contributed by atoms with E-state index in [9.17, 15) is 4.79 Å². The van der Waals surface area contributed by atoms with Gasteiger partial charge in [0.15, 0.2) is 4.96 Å². The van der Waals surface area contributed by atoms with Gasteiger partial charge in [0, 0.05) is 5.92 Å². The van der Waals surface area contributed by atoms with Gasteiger partial charge in [0.25, 0.3) is 5.56 Å². The summed E-state index contributed by atoms with van der Waals surface area (Å²) >= 11 is 1.41. The summed E-state index contributed by atoms with van der Waals surface area (Å²) in [7, 11) is 0. The van der Waals surface area contributed by atoms with Gasteiger partial charge in [-0.3, -0.25) is 4.79 Å². The second-order valence-electron chi connectivity index (χ2n) is 7.74. The van der Waals surface area contributed by atoms with Crippen LogP contribution in [0.15, 0.2) is 83.7 Å². The molecule has 5 rings (SSSR count). The number of nitrogens with zero attached hydrogens (tertiary/aromatic N) is 2. The minimum Gasteiger partial charge on any atom is -0.493 e. The zero-order chi connectivity index (χ0) is 21.9. The maximum atomic E-state index is 12.9. The van der Waals surface area contributed by atoms with E-state index in [1.807, 2.05) is 84.9 Å². The number of thiazole rings is 1. The van der Waals surface area contributed by atoms with Crippen LogP contribution in [0.1, 0.15) is 12.5 Å². The first-order valence-electron chi connectivity index (χ1n) is 10.5. The second-order valence-corrected chi connectivity index (χ2v) is 8.75. The molecule has 1 atom stereocenters. The highest BCUT2D eigenvalue weighted by Gasteiger charge is 2.10. The molecule has 0 unspecified atom stereocenters. The number of ether oxygens (including phenoxy) is 2. The Morgan fingerprint density at radius 3 is 2.31 bits per heavy atom. The molecule has 0 aliphatic carbocycles. The molecule has 3 aromatic carbocycles. The van der Waals surface area contributed by atoms with E-state index in [0.717, 1.165) is 28.1 Å². The molecule has 6 heteroatoms. The first kappa shape index (κ1) is 20.3. The fourth-order valence-corrected chi connectivity index (χ4v) is 4.45. The summed E-state index contributed by atoms with van der Waals surface area (Å²) in [6, 6.07) is 25.2. The zero-order valence-electron chi connectivity index (χ0n) is 17.6. The monoisotopic (exact) mass is 442 g/mol. The molecule has 0 saturated carbocycles. The number of rotatable bonds is 7. The molecule has 2 heterocycles. The number of benzene rings is 3. The van der Waals surface area contributed by atoms with Crippen LogP contribution in [0.4, 0.5) is 0 Å². The van der Waals surface area contributed by atoms with E-state index in [4.69, 9.17) is 9.47 Å². The molecule has 0 saturated heterocycles. The summed E-state index contributed by atoms with van der Waals surface area (Å²) in [6.45, 7) is 3.25. The van der Waals surface area contributed by atoms with Crippen LogP contribution in [0.2, 0.25) is 0 Å². The fraction of sp³-hybridized carbons (Fsp3) is 0.154. The zero-order valence-corrected chi connectivity index (χ0v) is 18.4. The Labute approximate surface area is 189 Å². The normalized spacial score (nSPS) is 13.0. The van der Waals surface area contributed by atoms with Crippen LogP contribution in [0.3, 0.4) is 0 Å². The molecule has 0 spiro atoms. The van der Waals surface area contributed by atoms with Gasteiger partial charge in [-0.25, -0.2) is 9.38 Å². The third-order valence-corrected chi connectivity index (χ3v) is 6.10. The Morgan fingerprint density at radius 1 is 0.906 bits per heavy atom. The van der Waals surface area contributed by atoms with Crippen molar-refractivity contribution < 1.29 is 9.47 Å². The lowest BCUT2D eigenvalue weighted by Crippen LogP contribution is -2.22. The maximum Gasteiger partial charge on any atom is 0.274 e. The van der Waals surface area contributed by atoms with Crippen LogP contribution < -0.4 is 19.6 Å². The molecule has 0 N–H and O–H groups in total. The van der Waals surface area contributed by atoms with Crippen molar-refractivity contribution in [2.75, 3.05) is 13.2 Å². The second kappa shape index (κ2) is 8.85. The van der Waals surface area contributed by atoms with Crippen LogP contribution in [0.5, 0.6) is 11.5 Å². The Balaban J connectivity index is 1.25. The molecule has 0 bridgehead atoms. The predicted octanol–water partition coefficient (Wildman–Crippen LogP) is 4.55. The lowest BCUT2D eigenvalue weighted by molar-refractivity contribution is 0.188. The largest absolute Gasteiger partial charge is 0.493 e. The van der Waals surface area contributed by atoms with Crippen molar-refractivity contribution in [1.82, 2.24) is 9.38 Å². The first-order chi connectivity index (χ1) is 15.7. The smallest absolute Gasteiger partial charge is 0.274 e. The molecule has 32 heavy (non-hydrogen) atoms. The topological polar surface area (TPSA) is 52.8 Å². The van der Waals surface area contributed by atoms with Crippen LogP contribution in [-0.4, -0.2) is 22.6 Å². The van der Waals surface area contributed by atoms with Crippen molar-refractivity contribution in [3.05, 3.63) is 99.3 Å². The van der Waals surface area contributed by atoms with E-state index in [2.05, 4.69) is 11.9 Å². The van der Waals surface area contributed by atoms with E-state index in [-0.39, 0.29) is 11.5 Å². The number of aromatic nitrogens is 2. The average Bonchev–Trinajstić information content (AvgIpc) is 3.34. The quantitative estimate of drug-likeness (QED) is 0.371. The Hall–Kier alpha value is -3.64. The average molecular weight is 443 g/mol. The van der Waals surface area contributed by atoms with Crippen molar-refractivity contribution in [1.29, 1.82) is 0 Å². The number of fused-ring (bicyclic) bond motifs is 3. The van der Waals surface area contributed by atoms with Gasteiger partial charge in [0.1, 0.15) is 11.5 Å². The summed E-state index contributed by atoms with van der Waals surface area (Å²) < 4.78 is 14.0. The number of para-hydroxylation sites is 3. The highest BCUT2D eigenvalue weighted by molar-refractivity contribution is 7.15. The highest BCUT2D eigenvalue weighted by atomic mass is 32.1. The van der Waals surface area contributed by atoms with Crippen molar-refractivity contribution in [2.24, 2.45) is 5.92 Å². The van der Waals surface area contributed by atoms with Gasteiger partial charge >= 0.3 is 0 Å². The molecule has 160 valence electrons. The molecule has 5 nitrogen and oxygen atoms in total. The third kappa shape index (κ3) is 4.22. The fourth-order valence-electron chi connectivity index (χ4n) is 3.47. The van der Waals surface area contributed by atoms with Gasteiger partial charge in [-0.2, -0.15) is 0 Å². The molecular weight excluding hydrogens is 420 g/mol. The van der Waals surface area contributed by atoms with Gasteiger partial charge in [-0.05, 0) is 48.0 Å². The Kier molecular flexibility index (Phi) is 5.60. The van der Waals surface area contributed by atoms with Gasteiger partial charge in [0.2, 0.25) is 0 Å². The molecular formula is C26H22N2O3S. The van der Waals surface area contributed by atoms with Gasteiger partial charge in [0.05, 0.1) is 28.8 Å². The standard InChI is InChI=1S/C26H22N2O3S/c1-18(16-30-20-7-3-2-4-8-20)17-31-21-13-11-19(12-14-21)15-24-25(29)28-23-10-6-5-9-22(23)27-26(28)32-24/h2-15,18H,16-17H2,1H3/b24-15-/t18-/m0/s1. The minimum absolute atomic E-state index is 0.0359. The van der Waals surface area contributed by atoms with Crippen LogP contribution in [0.25, 0.3) is 22.1 Å². The van der Waals surface area contributed by atoms with Gasteiger partial charge in [-0.15, -0.1) is 0 Å². The molecule has 0 aliphatic rings. The van der Waals surface area contributed by atoms with Crippen molar-refractivity contribution in [3.8, 4) is 11.5 Å². The summed E-state index contributed by atoms with van der Waals surface area (Å²) in [5.41, 5.74) is 2.60. The predicted molar refractivity (Wildman–Crippen MR) is 129 cm³/mol. The van der Waals surface area contributed by atoms with E-state index in [0.29, 0.717) is 22.7 Å². The first-order valence-corrected chi connectivity index (χ1v) is 11.3. The van der Waals surface area contributed by atoms with Crippen LogP contribution in [0, 0.1) is 5.92 Å². The lowest BCUT2D eigenvalue weighted by atomic mass is 10.2. The van der Waals surface area contributed by atoms with E-state index in [1.165, 1.54) is 11.3 Å². The number of hydrogen-bond acceptors (Lipinski definition) is 5. The third-order valence-electron chi connectivity index (χ3n) is 5.14. The molecule has 0 radical (unpaired) electrons. The summed E-state index contributed by atoms with van der Waals surface area (Å²) in [4.78, 5) is 18.2. The summed E-state index contributed by atoms with van der Waals surface area (Å²) in [6.07, 6.45) is 1.90. The molecule has 2 aromatic heterocycles. The molecule has 0 fully saturated rings. The van der Waals surface area contributed by atoms with Crippen LogP contribution >= 0.6 is 11.3 Å². The van der Waals surface area contributed by atoms with Gasteiger partial charge < -0.3 is 9.47 Å². The Bertz CT molecular complexity index is 1460. The summed E-state index contributed by atoms with van der Waals surface area (Å²) in [5.74, 6) is 1.91. The minimum atomic E-state index is -0.0359. The number of imidazole rings is 1. The van der Waals surface area contributed by atoms with Crippen molar-refractivity contribution in [3.63, 3.8) is 0 Å². The number of hydrogen-bond donors (Lipinski definition) is 0. The van der Waals surface area contributed by atoms with E-state index >= 15 is 0 Å². The highest BCUT2D eigenvalue weighted by Crippen LogP contribution is 2.17. The summed E-state index contributed by atoms with van der Waals surface area (Å²) in [5, 5.41) is 0. The molecule has 0 aliphatic heterocycles. The molecule has 5 aromatic rings. The van der Waals surface area contributed by atoms with Crippen LogP contribution in [-0.2, 0) is 0 Å². The van der Waals surface area contributed by atoms with Crippen molar-refractivity contribution in [2.45, 2.75) is 6.92 Å². The lowest BCUT2D eigenvalue weighted by Gasteiger charge is -2.14. The van der Waals surface area contributed by atoms with E-state index < -0.39 is 0 Å². The van der Waals surface area contributed by atoms with Gasteiger partial charge in [-0.1, -0.05) is 60.7 Å². The SMILES string of the molecule is C[C@@H](COc1ccccc1)COc1ccc(/C=c2\sc3nc4ccccc4n3c2=O)cc1. The molecule has 0 amide bonds. The van der Waals surface area contributed by atoms with E-state index in [1.54, 1.807) is 4.40 Å². The maximum absolute atomic E-state index is 12.9. The Morgan fingerprint density at radius 2 is 1.56 bits per heavy atom. The van der Waals surface area contributed by atoms with Crippen molar-refractivity contribution >= 4 is 33.4 Å².